The summed E-state index contributed by atoms with van der Waals surface area (Å²) in [7, 11) is 1.81. The number of rotatable bonds is 6. The molecule has 24 heavy (non-hydrogen) atoms. The van der Waals surface area contributed by atoms with Crippen LogP contribution < -0.4 is 10.2 Å². The Labute approximate surface area is 154 Å². The molecule has 0 amide bonds. The SMILES string of the molecule is Cn1c(=O)sc2cc(CCCNCc3ccc(Cl)c(Cl)c3)ccc21. The fourth-order valence-corrected chi connectivity index (χ4v) is 3.90. The monoisotopic (exact) mass is 380 g/mol. The Balaban J connectivity index is 1.49. The van der Waals surface area contributed by atoms with Crippen molar-refractivity contribution < 1.29 is 0 Å². The van der Waals surface area contributed by atoms with Gasteiger partial charge >= 0.3 is 4.87 Å². The van der Waals surface area contributed by atoms with Gasteiger partial charge in [0.15, 0.2) is 0 Å². The highest BCUT2D eigenvalue weighted by Crippen LogP contribution is 2.22. The van der Waals surface area contributed by atoms with Crippen LogP contribution in [0.25, 0.3) is 10.2 Å². The lowest BCUT2D eigenvalue weighted by molar-refractivity contribution is 0.649. The molecule has 0 aliphatic rings. The summed E-state index contributed by atoms with van der Waals surface area (Å²) in [6, 6.07) is 12.0. The number of halogens is 2. The van der Waals surface area contributed by atoms with Crippen molar-refractivity contribution in [2.45, 2.75) is 19.4 Å². The predicted octanol–water partition coefficient (Wildman–Crippen LogP) is 4.63. The molecule has 0 unspecified atom stereocenters. The van der Waals surface area contributed by atoms with Crippen LogP contribution in [-0.2, 0) is 20.0 Å². The van der Waals surface area contributed by atoms with Crippen molar-refractivity contribution in [3.8, 4) is 0 Å². The Morgan fingerprint density at radius 1 is 1.08 bits per heavy atom. The largest absolute Gasteiger partial charge is 0.313 e. The minimum Gasteiger partial charge on any atom is -0.313 e. The number of hydrogen-bond acceptors (Lipinski definition) is 3. The van der Waals surface area contributed by atoms with Crippen molar-refractivity contribution in [2.24, 2.45) is 7.05 Å². The van der Waals surface area contributed by atoms with Crippen LogP contribution in [0.5, 0.6) is 0 Å². The predicted molar refractivity (Wildman–Crippen MR) is 104 cm³/mol. The second-order valence-corrected chi connectivity index (χ2v) is 7.57. The second kappa shape index (κ2) is 7.70. The molecule has 3 nitrogen and oxygen atoms in total. The molecule has 0 spiro atoms. The summed E-state index contributed by atoms with van der Waals surface area (Å²) in [6.45, 7) is 1.69. The summed E-state index contributed by atoms with van der Waals surface area (Å²) < 4.78 is 2.76. The van der Waals surface area contributed by atoms with Gasteiger partial charge in [-0.05, 0) is 54.8 Å². The molecule has 0 bridgehead atoms. The third-order valence-corrected chi connectivity index (χ3v) is 5.72. The zero-order chi connectivity index (χ0) is 17.1. The molecule has 0 aliphatic heterocycles. The molecular weight excluding hydrogens is 363 g/mol. The van der Waals surface area contributed by atoms with Crippen molar-refractivity contribution in [3.63, 3.8) is 0 Å². The second-order valence-electron chi connectivity index (χ2n) is 5.76. The molecule has 2 aromatic carbocycles. The summed E-state index contributed by atoms with van der Waals surface area (Å²) in [5.74, 6) is 0. The maximum atomic E-state index is 11.7. The zero-order valence-corrected chi connectivity index (χ0v) is 15.6. The number of aryl methyl sites for hydroxylation is 2. The topological polar surface area (TPSA) is 34.0 Å². The van der Waals surface area contributed by atoms with Gasteiger partial charge in [0.1, 0.15) is 0 Å². The summed E-state index contributed by atoms with van der Waals surface area (Å²) in [4.78, 5) is 11.8. The molecule has 0 radical (unpaired) electrons. The molecule has 1 aromatic heterocycles. The lowest BCUT2D eigenvalue weighted by atomic mass is 10.1. The Bertz CT molecular complexity index is 917. The average Bonchev–Trinajstić information content (AvgIpc) is 2.84. The first-order valence-electron chi connectivity index (χ1n) is 7.78. The van der Waals surface area contributed by atoms with Crippen molar-refractivity contribution >= 4 is 44.8 Å². The van der Waals surface area contributed by atoms with E-state index in [9.17, 15) is 4.79 Å². The maximum Gasteiger partial charge on any atom is 0.307 e. The van der Waals surface area contributed by atoms with Gasteiger partial charge < -0.3 is 9.88 Å². The lowest BCUT2D eigenvalue weighted by Crippen LogP contribution is -2.15. The van der Waals surface area contributed by atoms with Crippen molar-refractivity contribution in [2.75, 3.05) is 6.54 Å². The molecule has 6 heteroatoms. The quantitative estimate of drug-likeness (QED) is 0.632. The molecule has 0 saturated heterocycles. The smallest absolute Gasteiger partial charge is 0.307 e. The number of nitrogens with one attached hydrogen (secondary N) is 1. The molecule has 0 atom stereocenters. The van der Waals surface area contributed by atoms with Gasteiger partial charge in [0, 0.05) is 13.6 Å². The number of benzene rings is 2. The molecule has 0 fully saturated rings. The normalized spacial score (nSPS) is 11.3. The highest BCUT2D eigenvalue weighted by atomic mass is 35.5. The summed E-state index contributed by atoms with van der Waals surface area (Å²) in [5, 5.41) is 4.59. The average molecular weight is 381 g/mol. The highest BCUT2D eigenvalue weighted by molar-refractivity contribution is 7.16. The number of nitrogens with zero attached hydrogens (tertiary/aromatic N) is 1. The van der Waals surface area contributed by atoms with Gasteiger partial charge in [0.05, 0.1) is 20.3 Å². The summed E-state index contributed by atoms with van der Waals surface area (Å²) in [6.07, 6.45) is 2.02. The van der Waals surface area contributed by atoms with E-state index in [0.29, 0.717) is 10.0 Å². The number of fused-ring (bicyclic) bond motifs is 1. The van der Waals surface area contributed by atoms with E-state index < -0.39 is 0 Å². The van der Waals surface area contributed by atoms with Crippen LogP contribution in [0.15, 0.2) is 41.2 Å². The van der Waals surface area contributed by atoms with Gasteiger partial charge in [0.25, 0.3) is 0 Å². The highest BCUT2D eigenvalue weighted by Gasteiger charge is 2.05. The minimum atomic E-state index is 0.0884. The molecule has 0 aliphatic carbocycles. The summed E-state index contributed by atoms with van der Waals surface area (Å²) in [5.41, 5.74) is 3.40. The van der Waals surface area contributed by atoms with E-state index in [1.54, 1.807) is 4.57 Å². The Morgan fingerprint density at radius 3 is 2.67 bits per heavy atom. The fraction of sp³-hybridized carbons (Fsp3) is 0.278. The van der Waals surface area contributed by atoms with Crippen LogP contribution in [0.1, 0.15) is 17.5 Å². The van der Waals surface area contributed by atoms with E-state index in [2.05, 4.69) is 17.4 Å². The molecular formula is C18H18Cl2N2OS. The minimum absolute atomic E-state index is 0.0884. The molecule has 3 aromatic rings. The molecule has 3 rings (SSSR count). The van der Waals surface area contributed by atoms with Gasteiger partial charge in [-0.15, -0.1) is 0 Å². The van der Waals surface area contributed by atoms with Gasteiger partial charge in [-0.3, -0.25) is 4.79 Å². The van der Waals surface area contributed by atoms with Gasteiger partial charge in [-0.25, -0.2) is 0 Å². The first kappa shape index (κ1) is 17.5. The van der Waals surface area contributed by atoms with Crippen LogP contribution >= 0.6 is 34.5 Å². The Morgan fingerprint density at radius 2 is 1.88 bits per heavy atom. The van der Waals surface area contributed by atoms with E-state index in [4.69, 9.17) is 23.2 Å². The van der Waals surface area contributed by atoms with E-state index in [-0.39, 0.29) is 4.87 Å². The molecule has 1 N–H and O–H groups in total. The van der Waals surface area contributed by atoms with Gasteiger partial charge in [0.2, 0.25) is 0 Å². The first-order valence-corrected chi connectivity index (χ1v) is 9.35. The third-order valence-electron chi connectivity index (χ3n) is 3.99. The van der Waals surface area contributed by atoms with Crippen LogP contribution in [0.4, 0.5) is 0 Å². The number of thiazole rings is 1. The number of aromatic nitrogens is 1. The van der Waals surface area contributed by atoms with Crippen LogP contribution in [0.3, 0.4) is 0 Å². The van der Waals surface area contributed by atoms with E-state index in [0.717, 1.165) is 41.7 Å². The standard InChI is InChI=1S/C18H18Cl2N2OS/c1-22-16-7-5-12(10-17(16)24-18(22)23)3-2-8-21-11-13-4-6-14(19)15(20)9-13/h4-7,9-10,21H,2-3,8,11H2,1H3. The van der Waals surface area contributed by atoms with Crippen LogP contribution in [0.2, 0.25) is 10.0 Å². The van der Waals surface area contributed by atoms with E-state index in [1.165, 1.54) is 16.9 Å². The van der Waals surface area contributed by atoms with Gasteiger partial charge in [-0.2, -0.15) is 0 Å². The van der Waals surface area contributed by atoms with Crippen molar-refractivity contribution in [3.05, 3.63) is 67.2 Å². The van der Waals surface area contributed by atoms with E-state index in [1.807, 2.05) is 31.3 Å². The summed E-state index contributed by atoms with van der Waals surface area (Å²) >= 11 is 13.2. The van der Waals surface area contributed by atoms with Gasteiger partial charge in [-0.1, -0.05) is 46.7 Å². The van der Waals surface area contributed by atoms with E-state index >= 15 is 0 Å². The molecule has 0 saturated carbocycles. The first-order chi connectivity index (χ1) is 11.5. The Hall–Kier alpha value is -1.33. The molecule has 1 heterocycles. The molecule has 126 valence electrons. The van der Waals surface area contributed by atoms with Crippen molar-refractivity contribution in [1.29, 1.82) is 0 Å². The lowest BCUT2D eigenvalue weighted by Gasteiger charge is -2.06. The Kier molecular flexibility index (Phi) is 5.61. The zero-order valence-electron chi connectivity index (χ0n) is 13.3. The number of hydrogen-bond donors (Lipinski definition) is 1. The van der Waals surface area contributed by atoms with Crippen LogP contribution in [0, 0.1) is 0 Å². The van der Waals surface area contributed by atoms with Crippen LogP contribution in [-0.4, -0.2) is 11.1 Å². The fourth-order valence-electron chi connectivity index (χ4n) is 2.63. The maximum absolute atomic E-state index is 11.7. The van der Waals surface area contributed by atoms with Crippen molar-refractivity contribution in [1.82, 2.24) is 9.88 Å². The third kappa shape index (κ3) is 4.01.